The number of hydrogen-bond acceptors (Lipinski definition) is 2. The summed E-state index contributed by atoms with van der Waals surface area (Å²) < 4.78 is 15.5. The fourth-order valence-corrected chi connectivity index (χ4v) is 1.84. The van der Waals surface area contributed by atoms with Crippen LogP contribution in [0.1, 0.15) is 32.8 Å². The van der Waals surface area contributed by atoms with E-state index in [0.29, 0.717) is 0 Å². The van der Waals surface area contributed by atoms with Crippen molar-refractivity contribution in [3.05, 3.63) is 29.8 Å². The highest BCUT2D eigenvalue weighted by Crippen LogP contribution is 2.42. The van der Waals surface area contributed by atoms with Crippen LogP contribution in [0, 0.1) is 0 Å². The van der Waals surface area contributed by atoms with Gasteiger partial charge in [0.25, 0.3) is 0 Å². The van der Waals surface area contributed by atoms with Gasteiger partial charge in [0.05, 0.1) is 0 Å². The first kappa shape index (κ1) is 13.2. The van der Waals surface area contributed by atoms with E-state index in [4.69, 9.17) is 9.79 Å². The van der Waals surface area contributed by atoms with Gasteiger partial charge in [-0.1, -0.05) is 39.0 Å². The summed E-state index contributed by atoms with van der Waals surface area (Å²) in [5.41, 5.74) is 0.631. The molecule has 0 aliphatic heterocycles. The molecule has 4 nitrogen and oxygen atoms in total. The second-order valence-electron chi connectivity index (χ2n) is 4.32. The van der Waals surface area contributed by atoms with Gasteiger partial charge >= 0.3 is 7.82 Å². The van der Waals surface area contributed by atoms with Crippen molar-refractivity contribution in [3.8, 4) is 5.75 Å². The Morgan fingerprint density at radius 3 is 2.38 bits per heavy atom. The molecule has 0 fully saturated rings. The summed E-state index contributed by atoms with van der Waals surface area (Å²) in [4.78, 5) is 17.6. The standard InChI is InChI=1S/C11H17O4P/c1-4-11(2,3)9-7-5-6-8-10(9)15-16(12,13)14/h5-8H,4H2,1-3H3,(H2,12,13,14). The van der Waals surface area contributed by atoms with Crippen LogP contribution in [0.15, 0.2) is 24.3 Å². The summed E-state index contributed by atoms with van der Waals surface area (Å²) >= 11 is 0. The van der Waals surface area contributed by atoms with Gasteiger partial charge in [-0.3, -0.25) is 9.79 Å². The Labute approximate surface area is 95.5 Å². The fourth-order valence-electron chi connectivity index (χ4n) is 1.42. The molecule has 0 aromatic heterocycles. The Balaban J connectivity index is 3.16. The van der Waals surface area contributed by atoms with Crippen molar-refractivity contribution in [3.63, 3.8) is 0 Å². The normalized spacial score (nSPS) is 12.6. The summed E-state index contributed by atoms with van der Waals surface area (Å²) in [6, 6.07) is 6.93. The lowest BCUT2D eigenvalue weighted by Crippen LogP contribution is -2.16. The molecular weight excluding hydrogens is 227 g/mol. The second-order valence-corrected chi connectivity index (χ2v) is 5.48. The number of phosphoric acid groups is 1. The van der Waals surface area contributed by atoms with Crippen LogP contribution in [-0.4, -0.2) is 9.79 Å². The van der Waals surface area contributed by atoms with Crippen molar-refractivity contribution in [2.24, 2.45) is 0 Å². The van der Waals surface area contributed by atoms with Gasteiger partial charge in [-0.2, -0.15) is 0 Å². The summed E-state index contributed by atoms with van der Waals surface area (Å²) in [7, 11) is -4.49. The largest absolute Gasteiger partial charge is 0.524 e. The summed E-state index contributed by atoms with van der Waals surface area (Å²) in [5.74, 6) is 0.252. The Hall–Kier alpha value is -0.830. The van der Waals surface area contributed by atoms with Gasteiger partial charge in [-0.25, -0.2) is 4.57 Å². The van der Waals surface area contributed by atoms with E-state index in [1.165, 1.54) is 0 Å². The van der Waals surface area contributed by atoms with Crippen LogP contribution < -0.4 is 4.52 Å². The van der Waals surface area contributed by atoms with Crippen LogP contribution in [0.2, 0.25) is 0 Å². The van der Waals surface area contributed by atoms with Gasteiger partial charge in [0, 0.05) is 5.56 Å². The average molecular weight is 244 g/mol. The van der Waals surface area contributed by atoms with Gasteiger partial charge in [-0.15, -0.1) is 0 Å². The van der Waals surface area contributed by atoms with Crippen LogP contribution >= 0.6 is 7.82 Å². The molecular formula is C11H17O4P. The van der Waals surface area contributed by atoms with E-state index >= 15 is 0 Å². The minimum absolute atomic E-state index is 0.175. The lowest BCUT2D eigenvalue weighted by atomic mass is 9.82. The Bertz CT molecular complexity index is 408. The number of phosphoric ester groups is 1. The molecule has 0 unspecified atom stereocenters. The van der Waals surface area contributed by atoms with E-state index in [-0.39, 0.29) is 11.2 Å². The molecule has 1 aromatic rings. The van der Waals surface area contributed by atoms with Gasteiger partial charge < -0.3 is 4.52 Å². The van der Waals surface area contributed by atoms with Crippen molar-refractivity contribution < 1.29 is 18.9 Å². The Kier molecular flexibility index (Phi) is 3.79. The van der Waals surface area contributed by atoms with E-state index < -0.39 is 7.82 Å². The molecule has 0 atom stereocenters. The zero-order valence-corrected chi connectivity index (χ0v) is 10.6. The molecule has 0 aliphatic rings. The summed E-state index contributed by atoms with van der Waals surface area (Å²) in [6.45, 7) is 6.04. The zero-order valence-electron chi connectivity index (χ0n) is 9.67. The third-order valence-electron chi connectivity index (χ3n) is 2.72. The first-order valence-corrected chi connectivity index (χ1v) is 6.64. The van der Waals surface area contributed by atoms with Crippen LogP contribution in [0.5, 0.6) is 5.75 Å². The molecule has 0 amide bonds. The van der Waals surface area contributed by atoms with Gasteiger partial charge in [0.15, 0.2) is 0 Å². The maximum atomic E-state index is 10.8. The molecule has 0 spiro atoms. The molecule has 90 valence electrons. The van der Waals surface area contributed by atoms with Crippen molar-refractivity contribution >= 4 is 7.82 Å². The van der Waals surface area contributed by atoms with E-state index in [1.807, 2.05) is 32.9 Å². The highest BCUT2D eigenvalue weighted by atomic mass is 31.2. The topological polar surface area (TPSA) is 66.8 Å². The first-order valence-electron chi connectivity index (χ1n) is 5.11. The van der Waals surface area contributed by atoms with Crippen molar-refractivity contribution in [2.45, 2.75) is 32.6 Å². The Morgan fingerprint density at radius 1 is 1.31 bits per heavy atom. The monoisotopic (exact) mass is 244 g/mol. The summed E-state index contributed by atoms with van der Waals surface area (Å²) in [6.07, 6.45) is 0.856. The van der Waals surface area contributed by atoms with Crippen molar-refractivity contribution in [1.29, 1.82) is 0 Å². The smallest absolute Gasteiger partial charge is 0.404 e. The minimum atomic E-state index is -4.49. The third kappa shape index (κ3) is 3.34. The number of para-hydroxylation sites is 1. The lowest BCUT2D eigenvalue weighted by molar-refractivity contribution is 0.280. The van der Waals surface area contributed by atoms with Crippen LogP contribution in [-0.2, 0) is 9.98 Å². The van der Waals surface area contributed by atoms with E-state index in [9.17, 15) is 4.57 Å². The minimum Gasteiger partial charge on any atom is -0.404 e. The fraction of sp³-hybridized carbons (Fsp3) is 0.455. The van der Waals surface area contributed by atoms with Crippen LogP contribution in [0.25, 0.3) is 0 Å². The predicted octanol–water partition coefficient (Wildman–Crippen LogP) is 2.85. The quantitative estimate of drug-likeness (QED) is 0.799. The number of benzene rings is 1. The predicted molar refractivity (Wildman–Crippen MR) is 62.4 cm³/mol. The average Bonchev–Trinajstić information content (AvgIpc) is 2.16. The molecule has 5 heteroatoms. The molecule has 16 heavy (non-hydrogen) atoms. The molecule has 0 saturated heterocycles. The molecule has 0 radical (unpaired) electrons. The maximum absolute atomic E-state index is 10.8. The van der Waals surface area contributed by atoms with Crippen molar-refractivity contribution in [1.82, 2.24) is 0 Å². The number of hydrogen-bond donors (Lipinski definition) is 2. The maximum Gasteiger partial charge on any atom is 0.524 e. The Morgan fingerprint density at radius 2 is 1.88 bits per heavy atom. The van der Waals surface area contributed by atoms with Crippen LogP contribution in [0.3, 0.4) is 0 Å². The third-order valence-corrected chi connectivity index (χ3v) is 3.15. The highest BCUT2D eigenvalue weighted by Gasteiger charge is 2.25. The van der Waals surface area contributed by atoms with E-state index in [0.717, 1.165) is 12.0 Å². The molecule has 2 N–H and O–H groups in total. The second kappa shape index (κ2) is 4.58. The SMILES string of the molecule is CCC(C)(C)c1ccccc1OP(=O)(O)O. The molecule has 0 saturated carbocycles. The van der Waals surface area contributed by atoms with E-state index in [2.05, 4.69) is 4.52 Å². The molecule has 0 aliphatic carbocycles. The molecule has 0 bridgehead atoms. The van der Waals surface area contributed by atoms with Crippen LogP contribution in [0.4, 0.5) is 0 Å². The molecule has 1 rings (SSSR count). The number of rotatable bonds is 4. The van der Waals surface area contributed by atoms with E-state index in [1.54, 1.807) is 12.1 Å². The lowest BCUT2D eigenvalue weighted by Gasteiger charge is -2.25. The molecule has 0 heterocycles. The first-order chi connectivity index (χ1) is 7.26. The van der Waals surface area contributed by atoms with Gasteiger partial charge in [-0.05, 0) is 17.9 Å². The summed E-state index contributed by atoms with van der Waals surface area (Å²) in [5, 5.41) is 0. The zero-order chi connectivity index (χ0) is 12.4. The molecule has 1 aromatic carbocycles. The van der Waals surface area contributed by atoms with Crippen molar-refractivity contribution in [2.75, 3.05) is 0 Å². The highest BCUT2D eigenvalue weighted by molar-refractivity contribution is 7.46. The van der Waals surface area contributed by atoms with Gasteiger partial charge in [0.1, 0.15) is 5.75 Å². The van der Waals surface area contributed by atoms with Gasteiger partial charge in [0.2, 0.25) is 0 Å².